The second-order valence-electron chi connectivity index (χ2n) is 6.12. The van der Waals surface area contributed by atoms with Gasteiger partial charge < -0.3 is 5.11 Å². The molecule has 2 heteroatoms. The minimum Gasteiger partial charge on any atom is -0.481 e. The van der Waals surface area contributed by atoms with Crippen LogP contribution in [0.15, 0.2) is 24.3 Å². The molecule has 0 radical (unpaired) electrons. The van der Waals surface area contributed by atoms with Crippen molar-refractivity contribution in [2.75, 3.05) is 0 Å². The summed E-state index contributed by atoms with van der Waals surface area (Å²) in [6.07, 6.45) is 6.39. The molecule has 0 aromatic heterocycles. The molecule has 2 nitrogen and oxygen atoms in total. The fourth-order valence-electron chi connectivity index (χ4n) is 3.64. The van der Waals surface area contributed by atoms with Crippen LogP contribution in [0.3, 0.4) is 0 Å². The van der Waals surface area contributed by atoms with Gasteiger partial charge in [-0.1, -0.05) is 51.0 Å². The van der Waals surface area contributed by atoms with E-state index in [1.807, 2.05) is 0 Å². The van der Waals surface area contributed by atoms with Crippen LogP contribution in [0.25, 0.3) is 0 Å². The molecule has 1 fully saturated rings. The Kier molecular flexibility index (Phi) is 5.22. The first kappa shape index (κ1) is 15.1. The minimum atomic E-state index is -0.619. The molecule has 1 aromatic carbocycles. The Balaban J connectivity index is 2.23. The van der Waals surface area contributed by atoms with E-state index >= 15 is 0 Å². The van der Waals surface area contributed by atoms with Crippen molar-refractivity contribution in [3.63, 3.8) is 0 Å². The van der Waals surface area contributed by atoms with Crippen molar-refractivity contribution in [1.82, 2.24) is 0 Å². The predicted molar refractivity (Wildman–Crippen MR) is 81.9 cm³/mol. The summed E-state index contributed by atoms with van der Waals surface area (Å²) in [5, 5.41) is 9.51. The molecule has 2 rings (SSSR count). The van der Waals surface area contributed by atoms with E-state index in [1.54, 1.807) is 0 Å². The molecule has 1 N–H and O–H groups in total. The minimum absolute atomic E-state index is 0.198. The number of benzene rings is 1. The molecule has 0 saturated heterocycles. The Morgan fingerprint density at radius 2 is 2.10 bits per heavy atom. The van der Waals surface area contributed by atoms with E-state index < -0.39 is 5.97 Å². The fourth-order valence-corrected chi connectivity index (χ4v) is 3.64. The van der Waals surface area contributed by atoms with E-state index in [0.29, 0.717) is 5.92 Å². The molecular formula is C18H26O2. The van der Waals surface area contributed by atoms with Gasteiger partial charge >= 0.3 is 5.97 Å². The lowest BCUT2D eigenvalue weighted by Crippen LogP contribution is -2.29. The molecule has 110 valence electrons. The predicted octanol–water partition coefficient (Wildman–Crippen LogP) is 4.63. The first-order chi connectivity index (χ1) is 9.65. The Morgan fingerprint density at radius 3 is 2.75 bits per heavy atom. The molecule has 3 atom stereocenters. The average Bonchev–Trinajstić information content (AvgIpc) is 2.47. The zero-order valence-corrected chi connectivity index (χ0v) is 12.6. The number of aliphatic carboxylic acids is 1. The molecule has 0 amide bonds. The Morgan fingerprint density at radius 1 is 1.30 bits per heavy atom. The quantitative estimate of drug-likeness (QED) is 0.849. The zero-order chi connectivity index (χ0) is 14.5. The summed E-state index contributed by atoms with van der Waals surface area (Å²) in [7, 11) is 0. The van der Waals surface area contributed by atoms with E-state index in [2.05, 4.69) is 38.1 Å². The highest BCUT2D eigenvalue weighted by Gasteiger charge is 2.35. The van der Waals surface area contributed by atoms with E-state index in [0.717, 1.165) is 25.7 Å². The van der Waals surface area contributed by atoms with Gasteiger partial charge in [0.05, 0.1) is 5.92 Å². The number of carbonyl (C=O) groups is 1. The third-order valence-corrected chi connectivity index (χ3v) is 4.76. The number of carboxylic acid groups (broad SMARTS) is 1. The summed E-state index contributed by atoms with van der Waals surface area (Å²) >= 11 is 0. The van der Waals surface area contributed by atoms with Crippen LogP contribution in [-0.2, 0) is 11.2 Å². The summed E-state index contributed by atoms with van der Waals surface area (Å²) in [5.41, 5.74) is 2.54. The van der Waals surface area contributed by atoms with Crippen LogP contribution in [0.4, 0.5) is 0 Å². The van der Waals surface area contributed by atoms with Crippen molar-refractivity contribution in [2.45, 2.75) is 58.3 Å². The van der Waals surface area contributed by atoms with Crippen molar-refractivity contribution in [1.29, 1.82) is 0 Å². The summed E-state index contributed by atoms with van der Waals surface area (Å²) < 4.78 is 0. The molecule has 1 aromatic rings. The van der Waals surface area contributed by atoms with E-state index in [9.17, 15) is 9.90 Å². The summed E-state index contributed by atoms with van der Waals surface area (Å²) in [5.74, 6) is 0.0808. The largest absolute Gasteiger partial charge is 0.481 e. The first-order valence-corrected chi connectivity index (χ1v) is 7.97. The lowest BCUT2D eigenvalue weighted by Gasteiger charge is -2.34. The van der Waals surface area contributed by atoms with Gasteiger partial charge in [0.25, 0.3) is 0 Å². The van der Waals surface area contributed by atoms with E-state index in [4.69, 9.17) is 0 Å². The maximum atomic E-state index is 11.6. The summed E-state index contributed by atoms with van der Waals surface area (Å²) in [4.78, 5) is 11.6. The van der Waals surface area contributed by atoms with Crippen LogP contribution in [0.1, 0.15) is 63.0 Å². The fraction of sp³-hybridized carbons (Fsp3) is 0.611. The number of hydrogen-bond donors (Lipinski definition) is 1. The van der Waals surface area contributed by atoms with Crippen molar-refractivity contribution >= 4 is 5.97 Å². The molecule has 3 unspecified atom stereocenters. The molecule has 0 heterocycles. The third-order valence-electron chi connectivity index (χ3n) is 4.76. The monoisotopic (exact) mass is 274 g/mol. The standard InChI is InChI=1S/C18H26O2/c1-3-6-14-9-10-16(18(19)20)17(12-14)15-8-5-7-13(4-2)11-15/h5,7-8,11,14,16-17H,3-4,6,9-10,12H2,1-2H3,(H,19,20). The number of carboxylic acids is 1. The Hall–Kier alpha value is -1.31. The number of rotatable bonds is 5. The smallest absolute Gasteiger partial charge is 0.307 e. The van der Waals surface area contributed by atoms with E-state index in [-0.39, 0.29) is 11.8 Å². The second-order valence-corrected chi connectivity index (χ2v) is 6.12. The highest BCUT2D eigenvalue weighted by molar-refractivity contribution is 5.71. The van der Waals surface area contributed by atoms with Crippen LogP contribution < -0.4 is 0 Å². The normalized spacial score (nSPS) is 26.4. The van der Waals surface area contributed by atoms with Gasteiger partial charge in [-0.3, -0.25) is 4.79 Å². The highest BCUT2D eigenvalue weighted by Crippen LogP contribution is 2.42. The van der Waals surface area contributed by atoms with Gasteiger partial charge in [-0.15, -0.1) is 0 Å². The lowest BCUT2D eigenvalue weighted by atomic mass is 9.70. The summed E-state index contributed by atoms with van der Waals surface area (Å²) in [6, 6.07) is 8.55. The van der Waals surface area contributed by atoms with Gasteiger partial charge in [-0.05, 0) is 48.6 Å². The average molecular weight is 274 g/mol. The molecule has 0 aliphatic heterocycles. The van der Waals surface area contributed by atoms with Crippen molar-refractivity contribution < 1.29 is 9.90 Å². The van der Waals surface area contributed by atoms with Crippen molar-refractivity contribution in [3.05, 3.63) is 35.4 Å². The molecule has 0 bridgehead atoms. The van der Waals surface area contributed by atoms with E-state index in [1.165, 1.54) is 24.0 Å². The summed E-state index contributed by atoms with van der Waals surface area (Å²) in [6.45, 7) is 4.37. The van der Waals surface area contributed by atoms with Crippen molar-refractivity contribution in [3.8, 4) is 0 Å². The van der Waals surface area contributed by atoms with Gasteiger partial charge in [0, 0.05) is 0 Å². The van der Waals surface area contributed by atoms with Gasteiger partial charge in [0.15, 0.2) is 0 Å². The molecule has 1 saturated carbocycles. The highest BCUT2D eigenvalue weighted by atomic mass is 16.4. The SMILES string of the molecule is CCCC1CCC(C(=O)O)C(c2cccc(CC)c2)C1. The first-order valence-electron chi connectivity index (χ1n) is 7.97. The van der Waals surface area contributed by atoms with Crippen LogP contribution >= 0.6 is 0 Å². The maximum absolute atomic E-state index is 11.6. The van der Waals surface area contributed by atoms with Gasteiger partial charge in [-0.25, -0.2) is 0 Å². The maximum Gasteiger partial charge on any atom is 0.307 e. The second kappa shape index (κ2) is 6.92. The lowest BCUT2D eigenvalue weighted by molar-refractivity contribution is -0.143. The molecule has 0 spiro atoms. The van der Waals surface area contributed by atoms with Crippen LogP contribution in [0.5, 0.6) is 0 Å². The van der Waals surface area contributed by atoms with Crippen LogP contribution in [-0.4, -0.2) is 11.1 Å². The molecule has 20 heavy (non-hydrogen) atoms. The van der Waals surface area contributed by atoms with Gasteiger partial charge in [0.1, 0.15) is 0 Å². The zero-order valence-electron chi connectivity index (χ0n) is 12.6. The third kappa shape index (κ3) is 3.41. The molecular weight excluding hydrogens is 248 g/mol. The Labute approximate surface area is 122 Å². The number of aryl methyl sites for hydroxylation is 1. The van der Waals surface area contributed by atoms with Gasteiger partial charge in [-0.2, -0.15) is 0 Å². The topological polar surface area (TPSA) is 37.3 Å². The number of hydrogen-bond acceptors (Lipinski definition) is 1. The molecule has 1 aliphatic carbocycles. The Bertz CT molecular complexity index is 452. The van der Waals surface area contributed by atoms with Gasteiger partial charge in [0.2, 0.25) is 0 Å². The van der Waals surface area contributed by atoms with Crippen molar-refractivity contribution in [2.24, 2.45) is 11.8 Å². The molecule has 1 aliphatic rings. The van der Waals surface area contributed by atoms with Crippen LogP contribution in [0, 0.1) is 11.8 Å². The van der Waals surface area contributed by atoms with Crippen LogP contribution in [0.2, 0.25) is 0 Å².